The second kappa shape index (κ2) is 9.20. The third-order valence-electron chi connectivity index (χ3n) is 6.29. The number of aromatic nitrogens is 1. The van der Waals surface area contributed by atoms with Crippen molar-refractivity contribution >= 4 is 27.7 Å². The first-order valence-electron chi connectivity index (χ1n) is 11.0. The fraction of sp³-hybridized carbons (Fsp3) is 0.435. The number of carbonyl (C=O) groups excluding carboxylic acids is 2. The van der Waals surface area contributed by atoms with Crippen LogP contribution in [-0.2, 0) is 34.5 Å². The standard InChI is InChI=1S/C23H29N5O4S/c1-16-21(14-25-33(31,32)26(2)3)20-10-12-27(15-18(20)13-24-16)23(30)17-6-8-19(9-7-17)28-11-4-5-22(28)29/h6-9,13,25H,4-5,10-12,14-15H2,1-3H3. The molecule has 2 aliphatic heterocycles. The van der Waals surface area contributed by atoms with Gasteiger partial charge in [0.15, 0.2) is 0 Å². The number of carbonyl (C=O) groups is 2. The summed E-state index contributed by atoms with van der Waals surface area (Å²) in [5.74, 6) is 0.0450. The highest BCUT2D eigenvalue weighted by Gasteiger charge is 2.26. The van der Waals surface area contributed by atoms with Gasteiger partial charge in [0.05, 0.1) is 0 Å². The molecular formula is C23H29N5O4S. The molecule has 0 atom stereocenters. The molecule has 1 N–H and O–H groups in total. The van der Waals surface area contributed by atoms with Gasteiger partial charge in [-0.15, -0.1) is 0 Å². The molecule has 0 spiro atoms. The molecule has 1 fully saturated rings. The van der Waals surface area contributed by atoms with Gasteiger partial charge in [0.2, 0.25) is 5.91 Å². The van der Waals surface area contributed by atoms with E-state index in [0.29, 0.717) is 38.0 Å². The zero-order valence-corrected chi connectivity index (χ0v) is 20.0. The minimum atomic E-state index is -3.55. The zero-order chi connectivity index (χ0) is 23.8. The van der Waals surface area contributed by atoms with E-state index in [-0.39, 0.29) is 18.4 Å². The van der Waals surface area contributed by atoms with Crippen LogP contribution in [0.2, 0.25) is 0 Å². The highest BCUT2D eigenvalue weighted by Crippen LogP contribution is 2.26. The van der Waals surface area contributed by atoms with E-state index in [2.05, 4.69) is 9.71 Å². The quantitative estimate of drug-likeness (QED) is 0.690. The number of rotatable bonds is 6. The molecule has 3 heterocycles. The minimum Gasteiger partial charge on any atom is -0.334 e. The van der Waals surface area contributed by atoms with E-state index in [4.69, 9.17) is 0 Å². The molecule has 9 nitrogen and oxygen atoms in total. The van der Waals surface area contributed by atoms with Crippen molar-refractivity contribution in [3.8, 4) is 0 Å². The Morgan fingerprint density at radius 1 is 1.15 bits per heavy atom. The third kappa shape index (κ3) is 4.78. The van der Waals surface area contributed by atoms with Gasteiger partial charge in [-0.05, 0) is 60.7 Å². The summed E-state index contributed by atoms with van der Waals surface area (Å²) >= 11 is 0. The highest BCUT2D eigenvalue weighted by atomic mass is 32.2. The van der Waals surface area contributed by atoms with Crippen LogP contribution in [0, 0.1) is 6.92 Å². The van der Waals surface area contributed by atoms with E-state index in [1.807, 2.05) is 19.1 Å². The normalized spacial score (nSPS) is 16.4. The van der Waals surface area contributed by atoms with Crippen molar-refractivity contribution in [2.75, 3.05) is 32.1 Å². The second-order valence-electron chi connectivity index (χ2n) is 8.61. The van der Waals surface area contributed by atoms with Gasteiger partial charge in [-0.2, -0.15) is 17.4 Å². The van der Waals surface area contributed by atoms with Crippen LogP contribution in [0.5, 0.6) is 0 Å². The van der Waals surface area contributed by atoms with Crippen molar-refractivity contribution in [2.24, 2.45) is 0 Å². The first-order valence-corrected chi connectivity index (χ1v) is 12.4. The van der Waals surface area contributed by atoms with Crippen molar-refractivity contribution in [1.29, 1.82) is 0 Å². The minimum absolute atomic E-state index is 0.0737. The highest BCUT2D eigenvalue weighted by molar-refractivity contribution is 7.87. The van der Waals surface area contributed by atoms with Gasteiger partial charge in [0, 0.05) is 69.8 Å². The number of hydrogen-bond acceptors (Lipinski definition) is 5. The maximum absolute atomic E-state index is 13.1. The summed E-state index contributed by atoms with van der Waals surface area (Å²) in [5.41, 5.74) is 5.02. The topological polar surface area (TPSA) is 103 Å². The Hall–Kier alpha value is -2.82. The van der Waals surface area contributed by atoms with Crippen molar-refractivity contribution in [2.45, 2.75) is 39.3 Å². The lowest BCUT2D eigenvalue weighted by Gasteiger charge is -2.31. The molecule has 1 aromatic heterocycles. The van der Waals surface area contributed by atoms with Crippen LogP contribution in [0.25, 0.3) is 0 Å². The third-order valence-corrected chi connectivity index (χ3v) is 7.76. The fourth-order valence-corrected chi connectivity index (χ4v) is 4.89. The van der Waals surface area contributed by atoms with Crippen molar-refractivity contribution in [3.05, 3.63) is 58.4 Å². The van der Waals surface area contributed by atoms with Gasteiger partial charge in [0.25, 0.3) is 16.1 Å². The molecule has 0 radical (unpaired) electrons. The molecule has 0 bridgehead atoms. The summed E-state index contributed by atoms with van der Waals surface area (Å²) < 4.78 is 28.0. The summed E-state index contributed by atoms with van der Waals surface area (Å²) in [6.07, 6.45) is 3.83. The van der Waals surface area contributed by atoms with Crippen LogP contribution in [0.15, 0.2) is 30.5 Å². The smallest absolute Gasteiger partial charge is 0.279 e. The largest absolute Gasteiger partial charge is 0.334 e. The van der Waals surface area contributed by atoms with Crippen LogP contribution in [0.1, 0.15) is 45.6 Å². The van der Waals surface area contributed by atoms with E-state index < -0.39 is 10.2 Å². The molecule has 10 heteroatoms. The predicted octanol–water partition coefficient (Wildman–Crippen LogP) is 1.61. The van der Waals surface area contributed by atoms with E-state index in [1.165, 1.54) is 14.1 Å². The number of pyridine rings is 1. The number of nitrogens with zero attached hydrogens (tertiary/aromatic N) is 4. The lowest BCUT2D eigenvalue weighted by molar-refractivity contribution is -0.117. The first-order chi connectivity index (χ1) is 15.7. The SMILES string of the molecule is Cc1ncc2c(c1CNS(=O)(=O)N(C)C)CCN(C(=O)c1ccc(N3CCCC3=O)cc1)C2. The Labute approximate surface area is 194 Å². The fourth-order valence-electron chi connectivity index (χ4n) is 4.31. The lowest BCUT2D eigenvalue weighted by atomic mass is 9.94. The molecule has 2 aromatic rings. The van der Waals surface area contributed by atoms with E-state index in [9.17, 15) is 18.0 Å². The van der Waals surface area contributed by atoms with Crippen LogP contribution >= 0.6 is 0 Å². The number of anilines is 1. The van der Waals surface area contributed by atoms with Crippen LogP contribution in [0.3, 0.4) is 0 Å². The molecule has 1 saturated heterocycles. The van der Waals surface area contributed by atoms with Crippen LogP contribution < -0.4 is 9.62 Å². The Bertz CT molecular complexity index is 1180. The van der Waals surface area contributed by atoms with Crippen molar-refractivity contribution in [1.82, 2.24) is 18.9 Å². The van der Waals surface area contributed by atoms with Gasteiger partial charge < -0.3 is 9.80 Å². The molecule has 0 saturated carbocycles. The Morgan fingerprint density at radius 3 is 2.52 bits per heavy atom. The number of aryl methyl sites for hydroxylation is 1. The molecular weight excluding hydrogens is 442 g/mol. The van der Waals surface area contributed by atoms with Gasteiger partial charge in [-0.25, -0.2) is 0 Å². The Balaban J connectivity index is 1.48. The van der Waals surface area contributed by atoms with Crippen LogP contribution in [0.4, 0.5) is 5.69 Å². The maximum Gasteiger partial charge on any atom is 0.279 e. The molecule has 0 aliphatic carbocycles. The Kier molecular flexibility index (Phi) is 6.51. The summed E-state index contributed by atoms with van der Waals surface area (Å²) in [4.78, 5) is 33.0. The van der Waals surface area contributed by atoms with Gasteiger partial charge in [0.1, 0.15) is 0 Å². The molecule has 4 rings (SSSR count). The predicted molar refractivity (Wildman–Crippen MR) is 125 cm³/mol. The number of amides is 2. The monoisotopic (exact) mass is 471 g/mol. The molecule has 176 valence electrons. The number of benzene rings is 1. The molecule has 0 unspecified atom stereocenters. The molecule has 1 aromatic carbocycles. The Morgan fingerprint density at radius 2 is 1.88 bits per heavy atom. The van der Waals surface area contributed by atoms with E-state index >= 15 is 0 Å². The van der Waals surface area contributed by atoms with Crippen LogP contribution in [-0.4, -0.2) is 61.6 Å². The van der Waals surface area contributed by atoms with Crippen molar-refractivity contribution in [3.63, 3.8) is 0 Å². The molecule has 2 aliphatic rings. The summed E-state index contributed by atoms with van der Waals surface area (Å²) in [5, 5.41) is 0. The molecule has 2 amide bonds. The number of nitrogens with one attached hydrogen (secondary N) is 1. The van der Waals surface area contributed by atoms with Gasteiger partial charge in [-0.1, -0.05) is 0 Å². The maximum atomic E-state index is 13.1. The van der Waals surface area contributed by atoms with E-state index in [0.717, 1.165) is 38.8 Å². The average molecular weight is 472 g/mol. The van der Waals surface area contributed by atoms with E-state index in [1.54, 1.807) is 28.1 Å². The number of fused-ring (bicyclic) bond motifs is 1. The number of hydrogen-bond donors (Lipinski definition) is 1. The summed E-state index contributed by atoms with van der Waals surface area (Å²) in [6, 6.07) is 7.20. The zero-order valence-electron chi connectivity index (χ0n) is 19.2. The molecule has 33 heavy (non-hydrogen) atoms. The second-order valence-corrected chi connectivity index (χ2v) is 10.6. The van der Waals surface area contributed by atoms with Crippen molar-refractivity contribution < 1.29 is 18.0 Å². The summed E-state index contributed by atoms with van der Waals surface area (Å²) in [6.45, 7) is 3.70. The van der Waals surface area contributed by atoms with Gasteiger partial charge in [-0.3, -0.25) is 14.6 Å². The van der Waals surface area contributed by atoms with Gasteiger partial charge >= 0.3 is 0 Å². The summed E-state index contributed by atoms with van der Waals surface area (Å²) in [7, 11) is -0.589. The lowest BCUT2D eigenvalue weighted by Crippen LogP contribution is -2.38. The first kappa shape index (κ1) is 23.3. The average Bonchev–Trinajstić information content (AvgIpc) is 3.23.